The molecular formula is C22H23FN2O2. The molecule has 0 unspecified atom stereocenters. The predicted octanol–water partition coefficient (Wildman–Crippen LogP) is 3.47. The lowest BCUT2D eigenvalue weighted by molar-refractivity contribution is -0.148. The third-order valence-corrected chi connectivity index (χ3v) is 6.35. The molecule has 0 bridgehead atoms. The van der Waals surface area contributed by atoms with Gasteiger partial charge in [0.25, 0.3) is 5.91 Å². The van der Waals surface area contributed by atoms with E-state index < -0.39 is 5.41 Å². The summed E-state index contributed by atoms with van der Waals surface area (Å²) in [6.45, 7) is 5.17. The Balaban J connectivity index is 1.56. The molecule has 2 aromatic carbocycles. The number of nitrogens with zero attached hydrogens (tertiary/aromatic N) is 1. The van der Waals surface area contributed by atoms with Crippen LogP contribution < -0.4 is 5.73 Å². The van der Waals surface area contributed by atoms with Gasteiger partial charge in [0, 0.05) is 24.2 Å². The average molecular weight is 366 g/mol. The van der Waals surface area contributed by atoms with Gasteiger partial charge in [-0.05, 0) is 41.5 Å². The zero-order chi connectivity index (χ0) is 19.4. The van der Waals surface area contributed by atoms with Gasteiger partial charge in [0.2, 0.25) is 5.91 Å². The maximum Gasteiger partial charge on any atom is 0.253 e. The first-order valence-corrected chi connectivity index (χ1v) is 9.19. The van der Waals surface area contributed by atoms with Crippen molar-refractivity contribution in [3.63, 3.8) is 0 Å². The Labute approximate surface area is 158 Å². The predicted molar refractivity (Wildman–Crippen MR) is 101 cm³/mol. The number of amides is 2. The molecule has 1 saturated carbocycles. The Morgan fingerprint density at radius 3 is 2.33 bits per heavy atom. The summed E-state index contributed by atoms with van der Waals surface area (Å²) in [4.78, 5) is 26.8. The molecule has 2 fully saturated rings. The van der Waals surface area contributed by atoms with Gasteiger partial charge in [-0.15, -0.1) is 0 Å². The molecule has 5 heteroatoms. The second-order valence-electron chi connectivity index (χ2n) is 8.48. The summed E-state index contributed by atoms with van der Waals surface area (Å²) < 4.78 is 13.9. The van der Waals surface area contributed by atoms with E-state index in [1.165, 1.54) is 6.07 Å². The first-order chi connectivity index (χ1) is 12.7. The van der Waals surface area contributed by atoms with Crippen LogP contribution in [0.3, 0.4) is 0 Å². The lowest BCUT2D eigenvalue weighted by Gasteiger charge is -2.54. The Kier molecular flexibility index (Phi) is 3.88. The van der Waals surface area contributed by atoms with Gasteiger partial charge in [-0.3, -0.25) is 9.59 Å². The first kappa shape index (κ1) is 17.7. The molecule has 140 valence electrons. The molecular weight excluding hydrogens is 343 g/mol. The summed E-state index contributed by atoms with van der Waals surface area (Å²) in [6.07, 6.45) is 0.718. The van der Waals surface area contributed by atoms with Crippen molar-refractivity contribution in [2.45, 2.75) is 20.3 Å². The number of nitrogens with two attached hydrogens (primary N) is 1. The highest BCUT2D eigenvalue weighted by molar-refractivity contribution is 5.96. The van der Waals surface area contributed by atoms with Gasteiger partial charge in [-0.2, -0.15) is 0 Å². The zero-order valence-corrected chi connectivity index (χ0v) is 15.5. The highest BCUT2D eigenvalue weighted by Gasteiger charge is 2.66. The molecule has 4 nitrogen and oxygen atoms in total. The van der Waals surface area contributed by atoms with Gasteiger partial charge < -0.3 is 10.6 Å². The molecule has 2 amide bonds. The number of carbonyl (C=O) groups is 2. The summed E-state index contributed by atoms with van der Waals surface area (Å²) in [5.74, 6) is -0.611. The minimum atomic E-state index is -0.591. The molecule has 2 aromatic rings. The summed E-state index contributed by atoms with van der Waals surface area (Å²) in [5, 5.41) is 0. The second-order valence-corrected chi connectivity index (χ2v) is 8.48. The van der Waals surface area contributed by atoms with Crippen molar-refractivity contribution in [2.24, 2.45) is 22.5 Å². The maximum absolute atomic E-state index is 13.9. The monoisotopic (exact) mass is 366 g/mol. The van der Waals surface area contributed by atoms with Crippen molar-refractivity contribution in [1.29, 1.82) is 0 Å². The van der Waals surface area contributed by atoms with Crippen LogP contribution in [0, 0.1) is 22.6 Å². The molecule has 0 aromatic heterocycles. The summed E-state index contributed by atoms with van der Waals surface area (Å²) >= 11 is 0. The number of rotatable bonds is 3. The highest BCUT2D eigenvalue weighted by Crippen LogP contribution is 2.62. The quantitative estimate of drug-likeness (QED) is 0.904. The summed E-state index contributed by atoms with van der Waals surface area (Å²) in [6, 6.07) is 13.5. The standard InChI is InChI=1S/C22H23FN2O2/c1-21(2)12-22(20(24)27)13-25(11-18(21)22)19(26)15-9-7-14(8-10-15)16-5-3-4-6-17(16)23/h3-10,18H,11-13H2,1-2H3,(H2,24,27)/t18-,22+/m1/s1. The minimum Gasteiger partial charge on any atom is -0.369 e. The molecule has 1 aliphatic carbocycles. The van der Waals surface area contributed by atoms with Crippen LogP contribution in [0.4, 0.5) is 4.39 Å². The van der Waals surface area contributed by atoms with Crippen molar-refractivity contribution in [2.75, 3.05) is 13.1 Å². The van der Waals surface area contributed by atoms with Crippen LogP contribution in [0.15, 0.2) is 48.5 Å². The third kappa shape index (κ3) is 2.64. The fraction of sp³-hybridized carbons (Fsp3) is 0.364. The van der Waals surface area contributed by atoms with Crippen LogP contribution in [0.2, 0.25) is 0 Å². The number of carbonyl (C=O) groups excluding carboxylic acids is 2. The van der Waals surface area contributed by atoms with Crippen molar-refractivity contribution < 1.29 is 14.0 Å². The van der Waals surface area contributed by atoms with Crippen molar-refractivity contribution >= 4 is 11.8 Å². The van der Waals surface area contributed by atoms with Gasteiger partial charge in [0.1, 0.15) is 5.82 Å². The molecule has 27 heavy (non-hydrogen) atoms. The van der Waals surface area contributed by atoms with Crippen molar-refractivity contribution in [3.8, 4) is 11.1 Å². The summed E-state index contributed by atoms with van der Waals surface area (Å²) in [7, 11) is 0. The van der Waals surface area contributed by atoms with Gasteiger partial charge in [0.15, 0.2) is 0 Å². The van der Waals surface area contributed by atoms with Crippen LogP contribution in [-0.4, -0.2) is 29.8 Å². The fourth-order valence-corrected chi connectivity index (χ4v) is 5.05. The number of halogens is 1. The minimum absolute atomic E-state index is 0.0127. The molecule has 2 atom stereocenters. The van der Waals surface area contributed by atoms with Crippen molar-refractivity contribution in [1.82, 2.24) is 4.90 Å². The van der Waals surface area contributed by atoms with E-state index in [0.717, 1.165) is 12.0 Å². The van der Waals surface area contributed by atoms with E-state index in [4.69, 9.17) is 5.73 Å². The van der Waals surface area contributed by atoms with Crippen LogP contribution in [0.1, 0.15) is 30.6 Å². The molecule has 1 heterocycles. The number of hydrogen-bond donors (Lipinski definition) is 1. The number of likely N-dealkylation sites (tertiary alicyclic amines) is 1. The van der Waals surface area contributed by atoms with E-state index in [0.29, 0.717) is 24.2 Å². The molecule has 4 rings (SSSR count). The van der Waals surface area contributed by atoms with Gasteiger partial charge >= 0.3 is 0 Å². The molecule has 0 spiro atoms. The summed E-state index contributed by atoms with van der Waals surface area (Å²) in [5.41, 5.74) is 6.87. The van der Waals surface area contributed by atoms with Crippen LogP contribution in [0.5, 0.6) is 0 Å². The molecule has 1 saturated heterocycles. The number of benzene rings is 2. The Hall–Kier alpha value is -2.69. The van der Waals surface area contributed by atoms with Crippen LogP contribution >= 0.6 is 0 Å². The number of fused-ring (bicyclic) bond motifs is 1. The van der Waals surface area contributed by atoms with Crippen LogP contribution in [0.25, 0.3) is 11.1 Å². The second kappa shape index (κ2) is 5.91. The molecule has 2 N–H and O–H groups in total. The van der Waals surface area contributed by atoms with E-state index >= 15 is 0 Å². The third-order valence-electron chi connectivity index (χ3n) is 6.35. The zero-order valence-electron chi connectivity index (χ0n) is 15.5. The molecule has 2 aliphatic rings. The normalized spacial score (nSPS) is 25.6. The number of hydrogen-bond acceptors (Lipinski definition) is 2. The van der Waals surface area contributed by atoms with Gasteiger partial charge in [-0.1, -0.05) is 44.2 Å². The van der Waals surface area contributed by atoms with E-state index in [1.807, 2.05) is 0 Å². The van der Waals surface area contributed by atoms with Gasteiger partial charge in [0.05, 0.1) is 5.41 Å². The topological polar surface area (TPSA) is 63.4 Å². The lowest BCUT2D eigenvalue weighted by Crippen LogP contribution is -2.59. The van der Waals surface area contributed by atoms with E-state index in [9.17, 15) is 14.0 Å². The highest BCUT2D eigenvalue weighted by atomic mass is 19.1. The smallest absolute Gasteiger partial charge is 0.253 e. The Morgan fingerprint density at radius 1 is 1.11 bits per heavy atom. The maximum atomic E-state index is 13.9. The van der Waals surface area contributed by atoms with E-state index in [1.54, 1.807) is 47.4 Å². The number of primary amides is 1. The van der Waals surface area contributed by atoms with Crippen molar-refractivity contribution in [3.05, 3.63) is 59.9 Å². The Bertz CT molecular complexity index is 922. The molecule has 0 radical (unpaired) electrons. The fourth-order valence-electron chi connectivity index (χ4n) is 5.05. The SMILES string of the molecule is CC1(C)C[C@]2(C(N)=O)CN(C(=O)c3ccc(-c4ccccc4F)cc3)C[C@H]12. The Morgan fingerprint density at radius 2 is 1.78 bits per heavy atom. The van der Waals surface area contributed by atoms with Gasteiger partial charge in [-0.25, -0.2) is 4.39 Å². The lowest BCUT2D eigenvalue weighted by atomic mass is 9.48. The first-order valence-electron chi connectivity index (χ1n) is 9.19. The van der Waals surface area contributed by atoms with E-state index in [-0.39, 0.29) is 29.0 Å². The van der Waals surface area contributed by atoms with E-state index in [2.05, 4.69) is 13.8 Å². The largest absolute Gasteiger partial charge is 0.369 e. The van der Waals surface area contributed by atoms with Crippen LogP contribution in [-0.2, 0) is 4.79 Å². The molecule has 1 aliphatic heterocycles. The average Bonchev–Trinajstić information content (AvgIpc) is 2.98.